The minimum absolute atomic E-state index is 0.108. The number of piperidine rings is 1. The van der Waals surface area contributed by atoms with E-state index in [2.05, 4.69) is 26.9 Å². The summed E-state index contributed by atoms with van der Waals surface area (Å²) in [5.74, 6) is 1.14. The summed E-state index contributed by atoms with van der Waals surface area (Å²) in [6.07, 6.45) is 7.48. The molecule has 0 saturated carbocycles. The van der Waals surface area contributed by atoms with Gasteiger partial charge >= 0.3 is 0 Å². The van der Waals surface area contributed by atoms with Gasteiger partial charge in [0.05, 0.1) is 5.33 Å². The van der Waals surface area contributed by atoms with E-state index in [1.165, 1.54) is 45.3 Å². The quantitative estimate of drug-likeness (QED) is 0.394. The van der Waals surface area contributed by atoms with Gasteiger partial charge in [-0.15, -0.1) is 0 Å². The Balaban J connectivity index is 1.52. The summed E-state index contributed by atoms with van der Waals surface area (Å²) in [5, 5.41) is 1.39. The minimum atomic E-state index is 0.108. The Bertz CT molecular complexity index is 658. The number of likely N-dealkylation sites (tertiary alicyclic amines) is 1. The molecule has 0 radical (unpaired) electrons. The predicted octanol–water partition coefficient (Wildman–Crippen LogP) is 4.82. The van der Waals surface area contributed by atoms with Crippen LogP contribution in [0.4, 0.5) is 0 Å². The van der Waals surface area contributed by atoms with Crippen LogP contribution in [-0.4, -0.2) is 35.6 Å². The topological polar surface area (TPSA) is 33.5 Å². The van der Waals surface area contributed by atoms with Gasteiger partial charge in [0, 0.05) is 17.4 Å². The van der Waals surface area contributed by atoms with E-state index in [1.54, 1.807) is 0 Å². The van der Waals surface area contributed by atoms with Crippen LogP contribution >= 0.6 is 15.9 Å². The van der Waals surface area contributed by atoms with Gasteiger partial charge in [0.2, 0.25) is 0 Å². The Morgan fingerprint density at radius 3 is 2.74 bits per heavy atom. The van der Waals surface area contributed by atoms with E-state index < -0.39 is 0 Å². The number of fused-ring (bicyclic) bond motifs is 1. The number of Topliss-reactive ketones (excluding diaryl/α,β-unsaturated/α-hetero) is 1. The van der Waals surface area contributed by atoms with Crippen LogP contribution < -0.4 is 0 Å². The Morgan fingerprint density at radius 2 is 1.96 bits per heavy atom. The average molecular weight is 378 g/mol. The molecule has 23 heavy (non-hydrogen) atoms. The van der Waals surface area contributed by atoms with Crippen molar-refractivity contribution in [2.45, 2.75) is 38.5 Å². The summed E-state index contributed by atoms with van der Waals surface area (Å²) in [6, 6.07) is 7.76. The highest BCUT2D eigenvalue weighted by Gasteiger charge is 2.11. The van der Waals surface area contributed by atoms with Crippen molar-refractivity contribution < 1.29 is 9.21 Å². The maximum absolute atomic E-state index is 11.7. The smallest absolute Gasteiger partial charge is 0.173 e. The highest BCUT2D eigenvalue weighted by atomic mass is 79.9. The number of nitrogens with zero attached hydrogens (tertiary/aromatic N) is 1. The van der Waals surface area contributed by atoms with E-state index in [0.717, 1.165) is 35.1 Å². The number of halogens is 1. The Kier molecular flexibility index (Phi) is 5.90. The summed E-state index contributed by atoms with van der Waals surface area (Å²) < 4.78 is 5.89. The maximum Gasteiger partial charge on any atom is 0.173 e. The van der Waals surface area contributed by atoms with Gasteiger partial charge in [0.25, 0.3) is 0 Å². The Morgan fingerprint density at radius 1 is 1.13 bits per heavy atom. The lowest BCUT2D eigenvalue weighted by atomic mass is 10.1. The zero-order chi connectivity index (χ0) is 16.1. The lowest BCUT2D eigenvalue weighted by molar-refractivity contribution is 0.102. The van der Waals surface area contributed by atoms with Crippen LogP contribution in [0.3, 0.4) is 0 Å². The lowest BCUT2D eigenvalue weighted by Gasteiger charge is -2.26. The molecule has 0 aliphatic carbocycles. The number of alkyl halides is 1. The van der Waals surface area contributed by atoms with E-state index in [9.17, 15) is 4.79 Å². The van der Waals surface area contributed by atoms with Crippen LogP contribution in [0.5, 0.6) is 0 Å². The number of hydrogen-bond acceptors (Lipinski definition) is 3. The molecule has 1 aromatic heterocycles. The van der Waals surface area contributed by atoms with Gasteiger partial charge < -0.3 is 9.32 Å². The molecule has 0 bridgehead atoms. The molecule has 2 heterocycles. The van der Waals surface area contributed by atoms with Crippen LogP contribution in [0.2, 0.25) is 0 Å². The number of rotatable bonds is 7. The monoisotopic (exact) mass is 377 g/mol. The highest BCUT2D eigenvalue weighted by Crippen LogP contribution is 2.22. The zero-order valence-corrected chi connectivity index (χ0v) is 15.1. The van der Waals surface area contributed by atoms with E-state index in [-0.39, 0.29) is 5.78 Å². The van der Waals surface area contributed by atoms with E-state index in [4.69, 9.17) is 4.42 Å². The standard InChI is InChI=1S/C19H24BrNO2/c20-14-18(22)15-7-8-19-16(12-15)13-17(23-19)6-2-5-11-21-9-3-1-4-10-21/h7-8,12-13H,1-6,9-11,14H2. The van der Waals surface area contributed by atoms with Gasteiger partial charge in [-0.1, -0.05) is 22.4 Å². The molecule has 0 unspecified atom stereocenters. The van der Waals surface area contributed by atoms with Gasteiger partial charge in [-0.3, -0.25) is 4.79 Å². The van der Waals surface area contributed by atoms with Crippen molar-refractivity contribution in [1.29, 1.82) is 0 Å². The number of unbranched alkanes of at least 4 members (excludes halogenated alkanes) is 1. The van der Waals surface area contributed by atoms with Crippen molar-refractivity contribution in [2.24, 2.45) is 0 Å². The first-order valence-electron chi connectivity index (χ1n) is 8.60. The van der Waals surface area contributed by atoms with E-state index >= 15 is 0 Å². The Labute approximate surface area is 146 Å². The van der Waals surface area contributed by atoms with Crippen LogP contribution in [-0.2, 0) is 6.42 Å². The van der Waals surface area contributed by atoms with E-state index in [1.807, 2.05) is 18.2 Å². The molecule has 1 aromatic carbocycles. The van der Waals surface area contributed by atoms with Crippen LogP contribution in [0, 0.1) is 0 Å². The molecule has 1 aliphatic heterocycles. The third kappa shape index (κ3) is 4.45. The molecule has 0 amide bonds. The summed E-state index contributed by atoms with van der Waals surface area (Å²) in [4.78, 5) is 14.3. The lowest BCUT2D eigenvalue weighted by Crippen LogP contribution is -2.30. The first kappa shape index (κ1) is 16.7. The third-order valence-electron chi connectivity index (χ3n) is 4.61. The van der Waals surface area contributed by atoms with Gasteiger partial charge in [0.15, 0.2) is 5.78 Å². The number of furan rings is 1. The summed E-state index contributed by atoms with van der Waals surface area (Å²) in [6.45, 7) is 3.76. The maximum atomic E-state index is 11.7. The molecule has 124 valence electrons. The Hall–Kier alpha value is -1.13. The summed E-state index contributed by atoms with van der Waals surface area (Å²) in [7, 11) is 0. The number of hydrogen-bond donors (Lipinski definition) is 0. The predicted molar refractivity (Wildman–Crippen MR) is 97.6 cm³/mol. The van der Waals surface area contributed by atoms with Crippen molar-refractivity contribution in [2.75, 3.05) is 25.0 Å². The first-order valence-corrected chi connectivity index (χ1v) is 9.72. The fraction of sp³-hybridized carbons (Fsp3) is 0.526. The molecule has 1 aliphatic rings. The largest absolute Gasteiger partial charge is 0.461 e. The third-order valence-corrected chi connectivity index (χ3v) is 5.12. The molecule has 2 aromatic rings. The van der Waals surface area contributed by atoms with Gasteiger partial charge in [-0.25, -0.2) is 0 Å². The minimum Gasteiger partial charge on any atom is -0.461 e. The van der Waals surface area contributed by atoms with Crippen LogP contribution in [0.1, 0.15) is 48.2 Å². The number of ketones is 1. The van der Waals surface area contributed by atoms with Crippen molar-refractivity contribution in [3.8, 4) is 0 Å². The van der Waals surface area contributed by atoms with Crippen molar-refractivity contribution >= 4 is 32.7 Å². The average Bonchev–Trinajstić information content (AvgIpc) is 3.00. The molecule has 0 atom stereocenters. The zero-order valence-electron chi connectivity index (χ0n) is 13.5. The molecule has 0 N–H and O–H groups in total. The molecule has 4 heteroatoms. The van der Waals surface area contributed by atoms with Crippen LogP contribution in [0.15, 0.2) is 28.7 Å². The normalized spacial score (nSPS) is 16.0. The first-order chi connectivity index (χ1) is 11.3. The molecular formula is C19H24BrNO2. The molecular weight excluding hydrogens is 354 g/mol. The second-order valence-corrected chi connectivity index (χ2v) is 6.94. The molecule has 3 nitrogen and oxygen atoms in total. The SMILES string of the molecule is O=C(CBr)c1ccc2oc(CCCCN3CCCCC3)cc2c1. The van der Waals surface area contributed by atoms with Gasteiger partial charge in [-0.05, 0) is 69.6 Å². The van der Waals surface area contributed by atoms with Crippen molar-refractivity contribution in [3.05, 3.63) is 35.6 Å². The van der Waals surface area contributed by atoms with Gasteiger partial charge in [-0.2, -0.15) is 0 Å². The number of carbonyl (C=O) groups excluding carboxylic acids is 1. The summed E-state index contributed by atoms with van der Waals surface area (Å²) >= 11 is 3.22. The second kappa shape index (κ2) is 8.11. The second-order valence-electron chi connectivity index (χ2n) is 6.38. The molecule has 0 spiro atoms. The van der Waals surface area contributed by atoms with Gasteiger partial charge in [0.1, 0.15) is 11.3 Å². The van der Waals surface area contributed by atoms with E-state index in [0.29, 0.717) is 5.33 Å². The number of aryl methyl sites for hydroxylation is 1. The van der Waals surface area contributed by atoms with Crippen LogP contribution in [0.25, 0.3) is 11.0 Å². The molecule has 1 fully saturated rings. The van der Waals surface area contributed by atoms with Crippen molar-refractivity contribution in [1.82, 2.24) is 4.90 Å². The summed E-state index contributed by atoms with van der Waals surface area (Å²) in [5.41, 5.74) is 1.62. The fourth-order valence-corrected chi connectivity index (χ4v) is 3.61. The number of benzene rings is 1. The highest BCUT2D eigenvalue weighted by molar-refractivity contribution is 9.09. The molecule has 3 rings (SSSR count). The molecule has 1 saturated heterocycles. The number of carbonyl (C=O) groups is 1. The fourth-order valence-electron chi connectivity index (χ4n) is 3.29. The van der Waals surface area contributed by atoms with Crippen molar-refractivity contribution in [3.63, 3.8) is 0 Å².